The summed E-state index contributed by atoms with van der Waals surface area (Å²) in [6.07, 6.45) is 2.18. The third-order valence-electron chi connectivity index (χ3n) is 3.09. The van der Waals surface area contributed by atoms with Crippen LogP contribution in [-0.2, 0) is 0 Å². The lowest BCUT2D eigenvalue weighted by Crippen LogP contribution is -2.23. The maximum atomic E-state index is 5.86. The molecule has 0 saturated carbocycles. The van der Waals surface area contributed by atoms with Crippen LogP contribution in [0.2, 0.25) is 0 Å². The quantitative estimate of drug-likeness (QED) is 0.766. The fourth-order valence-corrected chi connectivity index (χ4v) is 2.76. The third-order valence-corrected chi connectivity index (χ3v) is 3.99. The summed E-state index contributed by atoms with van der Waals surface area (Å²) >= 11 is 1.89. The highest BCUT2D eigenvalue weighted by Crippen LogP contribution is 2.26. The molecule has 0 aliphatic rings. The van der Waals surface area contributed by atoms with Gasteiger partial charge in [0.05, 0.1) is 0 Å². The fourth-order valence-electron chi connectivity index (χ4n) is 2.10. The molecule has 102 valence electrons. The van der Waals surface area contributed by atoms with Crippen molar-refractivity contribution in [2.24, 2.45) is 5.73 Å². The van der Waals surface area contributed by atoms with Crippen LogP contribution in [0.15, 0.2) is 29.2 Å². The Morgan fingerprint density at radius 1 is 1.17 bits per heavy atom. The van der Waals surface area contributed by atoms with Gasteiger partial charge >= 0.3 is 0 Å². The number of nitrogens with two attached hydrogens (primary N) is 1. The van der Waals surface area contributed by atoms with Crippen LogP contribution < -0.4 is 5.73 Å². The van der Waals surface area contributed by atoms with E-state index in [2.05, 4.69) is 57.1 Å². The predicted molar refractivity (Wildman–Crippen MR) is 82.2 cm³/mol. The van der Waals surface area contributed by atoms with E-state index in [4.69, 9.17) is 5.73 Å². The second kappa shape index (κ2) is 7.82. The average Bonchev–Trinajstić information content (AvgIpc) is 2.31. The molecular weight excluding hydrogens is 240 g/mol. The summed E-state index contributed by atoms with van der Waals surface area (Å²) in [5.74, 6) is 1.13. The zero-order valence-electron chi connectivity index (χ0n) is 12.0. The topological polar surface area (TPSA) is 29.3 Å². The number of thioether (sulfide) groups is 1. The van der Waals surface area contributed by atoms with Gasteiger partial charge in [0.1, 0.15) is 0 Å². The van der Waals surface area contributed by atoms with Crippen molar-refractivity contribution in [3.05, 3.63) is 29.8 Å². The van der Waals surface area contributed by atoms with Crippen molar-refractivity contribution in [2.45, 2.75) is 43.7 Å². The van der Waals surface area contributed by atoms with Gasteiger partial charge in [0.25, 0.3) is 0 Å². The predicted octanol–water partition coefficient (Wildman–Crippen LogP) is 3.53. The highest BCUT2D eigenvalue weighted by atomic mass is 32.2. The maximum absolute atomic E-state index is 5.86. The number of benzene rings is 1. The van der Waals surface area contributed by atoms with E-state index in [-0.39, 0.29) is 6.04 Å². The molecule has 18 heavy (non-hydrogen) atoms. The molecule has 0 aliphatic carbocycles. The zero-order valence-corrected chi connectivity index (χ0v) is 12.8. The van der Waals surface area contributed by atoms with Gasteiger partial charge in [-0.15, -0.1) is 11.8 Å². The molecule has 0 amide bonds. The van der Waals surface area contributed by atoms with Gasteiger partial charge in [-0.2, -0.15) is 0 Å². The van der Waals surface area contributed by atoms with Crippen molar-refractivity contribution in [3.63, 3.8) is 0 Å². The lowest BCUT2D eigenvalue weighted by atomic mass is 9.99. The van der Waals surface area contributed by atoms with E-state index in [1.807, 2.05) is 11.8 Å². The summed E-state index contributed by atoms with van der Waals surface area (Å²) < 4.78 is 0. The van der Waals surface area contributed by atoms with E-state index in [0.717, 1.165) is 18.6 Å². The molecule has 0 aliphatic heterocycles. The Balaban J connectivity index is 2.72. The Bertz CT molecular complexity index is 333. The minimum atomic E-state index is 0.280. The highest BCUT2D eigenvalue weighted by Gasteiger charge is 2.14. The molecule has 0 radical (unpaired) electrons. The Morgan fingerprint density at radius 3 is 2.22 bits per heavy atom. The smallest absolute Gasteiger partial charge is 0.0342 e. The molecule has 0 saturated heterocycles. The molecule has 0 heterocycles. The summed E-state index contributed by atoms with van der Waals surface area (Å²) in [5.41, 5.74) is 7.25. The van der Waals surface area contributed by atoms with Crippen molar-refractivity contribution in [3.8, 4) is 0 Å². The molecule has 2 N–H and O–H groups in total. The first kappa shape index (κ1) is 15.5. The monoisotopic (exact) mass is 266 g/mol. The van der Waals surface area contributed by atoms with Crippen molar-refractivity contribution in [2.75, 3.05) is 19.8 Å². The van der Waals surface area contributed by atoms with Gasteiger partial charge in [0.2, 0.25) is 0 Å². The minimum Gasteiger partial charge on any atom is -0.328 e. The largest absolute Gasteiger partial charge is 0.328 e. The number of hydrogen-bond donors (Lipinski definition) is 1. The Morgan fingerprint density at radius 2 is 1.78 bits per heavy atom. The van der Waals surface area contributed by atoms with E-state index in [1.54, 1.807) is 0 Å². The van der Waals surface area contributed by atoms with Crippen molar-refractivity contribution in [1.29, 1.82) is 0 Å². The third kappa shape index (κ3) is 5.01. The van der Waals surface area contributed by atoms with Gasteiger partial charge in [0.15, 0.2) is 0 Å². The summed E-state index contributed by atoms with van der Waals surface area (Å²) in [6, 6.07) is 9.71. The van der Waals surface area contributed by atoms with Crippen LogP contribution in [0, 0.1) is 0 Å². The Kier molecular flexibility index (Phi) is 6.76. The second-order valence-electron chi connectivity index (χ2n) is 5.04. The van der Waals surface area contributed by atoms with Gasteiger partial charge in [-0.3, -0.25) is 0 Å². The molecule has 0 spiro atoms. The molecule has 1 aromatic carbocycles. The maximum Gasteiger partial charge on any atom is 0.0342 e. The van der Waals surface area contributed by atoms with E-state index in [1.165, 1.54) is 10.5 Å². The van der Waals surface area contributed by atoms with Crippen LogP contribution in [0.1, 0.15) is 38.3 Å². The molecular formula is C15H26N2S. The van der Waals surface area contributed by atoms with Gasteiger partial charge in [-0.1, -0.05) is 19.1 Å². The number of rotatable bonds is 7. The van der Waals surface area contributed by atoms with Crippen LogP contribution in [0.3, 0.4) is 0 Å². The Labute approximate surface area is 116 Å². The van der Waals surface area contributed by atoms with Crippen molar-refractivity contribution in [1.82, 2.24) is 4.90 Å². The van der Waals surface area contributed by atoms with Crippen LogP contribution in [-0.4, -0.2) is 30.8 Å². The minimum absolute atomic E-state index is 0.280. The zero-order chi connectivity index (χ0) is 13.5. The van der Waals surface area contributed by atoms with Gasteiger partial charge in [-0.05, 0) is 57.3 Å². The van der Waals surface area contributed by atoms with Gasteiger partial charge < -0.3 is 10.6 Å². The first-order chi connectivity index (χ1) is 8.54. The molecule has 2 atom stereocenters. The summed E-state index contributed by atoms with van der Waals surface area (Å²) in [5, 5.41) is 0. The van der Waals surface area contributed by atoms with E-state index in [0.29, 0.717) is 6.04 Å². The standard InChI is InChI=1S/C15H26N2S/c1-5-18-14-9-7-13(8-10-14)15(17(3)4)11-6-12(2)16/h7-10,12,15H,5-6,11,16H2,1-4H3. The summed E-state index contributed by atoms with van der Waals surface area (Å²) in [6.45, 7) is 4.26. The number of hydrogen-bond acceptors (Lipinski definition) is 3. The summed E-state index contributed by atoms with van der Waals surface area (Å²) in [7, 11) is 4.28. The van der Waals surface area contributed by atoms with Crippen molar-refractivity contribution < 1.29 is 0 Å². The second-order valence-corrected chi connectivity index (χ2v) is 6.37. The van der Waals surface area contributed by atoms with Crippen LogP contribution >= 0.6 is 11.8 Å². The lowest BCUT2D eigenvalue weighted by Gasteiger charge is -2.25. The lowest BCUT2D eigenvalue weighted by molar-refractivity contribution is 0.275. The van der Waals surface area contributed by atoms with Gasteiger partial charge in [0, 0.05) is 17.0 Å². The molecule has 0 fully saturated rings. The SMILES string of the molecule is CCSc1ccc(C(CCC(C)N)N(C)C)cc1. The van der Waals surface area contributed by atoms with E-state index >= 15 is 0 Å². The first-order valence-electron chi connectivity index (χ1n) is 6.69. The fraction of sp³-hybridized carbons (Fsp3) is 0.600. The summed E-state index contributed by atoms with van der Waals surface area (Å²) in [4.78, 5) is 3.63. The Hall–Kier alpha value is -0.510. The molecule has 1 aromatic rings. The van der Waals surface area contributed by atoms with Crippen molar-refractivity contribution >= 4 is 11.8 Å². The highest BCUT2D eigenvalue weighted by molar-refractivity contribution is 7.99. The molecule has 3 heteroatoms. The van der Waals surface area contributed by atoms with Crippen LogP contribution in [0.4, 0.5) is 0 Å². The van der Waals surface area contributed by atoms with Gasteiger partial charge in [-0.25, -0.2) is 0 Å². The first-order valence-corrected chi connectivity index (χ1v) is 7.68. The normalized spacial score (nSPS) is 14.8. The number of nitrogens with zero attached hydrogens (tertiary/aromatic N) is 1. The van der Waals surface area contributed by atoms with E-state index < -0.39 is 0 Å². The molecule has 2 nitrogen and oxygen atoms in total. The molecule has 0 bridgehead atoms. The van der Waals surface area contributed by atoms with E-state index in [9.17, 15) is 0 Å². The average molecular weight is 266 g/mol. The molecule has 1 rings (SSSR count). The van der Waals surface area contributed by atoms with Crippen LogP contribution in [0.5, 0.6) is 0 Å². The van der Waals surface area contributed by atoms with Crippen LogP contribution in [0.25, 0.3) is 0 Å². The molecule has 2 unspecified atom stereocenters. The molecule has 0 aromatic heterocycles.